The number of hydrogen-bond acceptors (Lipinski definition) is 8. The molecule has 1 aromatic heterocycles. The number of ketones is 1. The lowest BCUT2D eigenvalue weighted by Gasteiger charge is -2.20. The third kappa shape index (κ3) is 6.87. The molecule has 1 saturated heterocycles. The van der Waals surface area contributed by atoms with Crippen LogP contribution in [0.4, 0.5) is 24.8 Å². The van der Waals surface area contributed by atoms with Gasteiger partial charge in [-0.3, -0.25) is 9.59 Å². The number of carbonyl (C=O) groups is 2. The predicted molar refractivity (Wildman–Crippen MR) is 142 cm³/mol. The van der Waals surface area contributed by atoms with Crippen molar-refractivity contribution in [3.63, 3.8) is 0 Å². The SMILES string of the molecule is CN1CCCCC1.COc1cc(C(N)=O)ccc1Nc1ncc(C(F)(F)F)c(Oc2cccc3c2C(=O)CC3)n1. The first-order chi connectivity index (χ1) is 19.1. The van der Waals surface area contributed by atoms with Gasteiger partial charge < -0.3 is 25.4 Å². The van der Waals surface area contributed by atoms with Crippen LogP contribution in [0.5, 0.6) is 17.4 Å². The number of methoxy groups -OCH3 is 1. The number of fused-ring (bicyclic) bond motifs is 1. The Morgan fingerprint density at radius 1 is 1.07 bits per heavy atom. The van der Waals surface area contributed by atoms with Crippen LogP contribution in [0.3, 0.4) is 0 Å². The number of primary amides is 1. The Balaban J connectivity index is 0.000000461. The first kappa shape index (κ1) is 28.8. The van der Waals surface area contributed by atoms with Crippen LogP contribution >= 0.6 is 0 Å². The Labute approximate surface area is 229 Å². The van der Waals surface area contributed by atoms with Crippen molar-refractivity contribution >= 4 is 23.3 Å². The van der Waals surface area contributed by atoms with Gasteiger partial charge in [-0.15, -0.1) is 0 Å². The molecule has 5 rings (SSSR count). The molecule has 9 nitrogen and oxygen atoms in total. The van der Waals surface area contributed by atoms with Gasteiger partial charge in [-0.2, -0.15) is 18.2 Å². The summed E-state index contributed by atoms with van der Waals surface area (Å²) >= 11 is 0. The number of nitrogens with two attached hydrogens (primary N) is 1. The third-order valence-electron chi connectivity index (χ3n) is 6.59. The largest absolute Gasteiger partial charge is 0.495 e. The fourth-order valence-electron chi connectivity index (χ4n) is 4.48. The summed E-state index contributed by atoms with van der Waals surface area (Å²) in [4.78, 5) is 33.6. The van der Waals surface area contributed by atoms with Gasteiger partial charge in [0.2, 0.25) is 17.7 Å². The number of aryl methyl sites for hydroxylation is 1. The molecule has 0 unspecified atom stereocenters. The molecule has 2 aliphatic rings. The zero-order valence-corrected chi connectivity index (χ0v) is 22.2. The first-order valence-corrected chi connectivity index (χ1v) is 12.8. The number of piperidine rings is 1. The minimum atomic E-state index is -4.79. The monoisotopic (exact) mass is 557 g/mol. The minimum absolute atomic E-state index is 0.00598. The van der Waals surface area contributed by atoms with Crippen molar-refractivity contribution in [1.82, 2.24) is 14.9 Å². The number of Topliss-reactive ketones (excluding diaryl/α,β-unsaturated/α-hetero) is 1. The van der Waals surface area contributed by atoms with Crippen molar-refractivity contribution in [3.05, 3.63) is 64.8 Å². The van der Waals surface area contributed by atoms with Crippen molar-refractivity contribution in [2.45, 2.75) is 38.3 Å². The lowest BCUT2D eigenvalue weighted by Crippen LogP contribution is -2.24. The number of hydrogen-bond donors (Lipinski definition) is 2. The quantitative estimate of drug-likeness (QED) is 0.415. The topological polar surface area (TPSA) is 120 Å². The number of halogens is 3. The van der Waals surface area contributed by atoms with Crippen molar-refractivity contribution in [1.29, 1.82) is 0 Å². The summed E-state index contributed by atoms with van der Waals surface area (Å²) < 4.78 is 51.5. The average molecular weight is 558 g/mol. The third-order valence-corrected chi connectivity index (χ3v) is 6.59. The Morgan fingerprint density at radius 3 is 2.45 bits per heavy atom. The van der Waals surface area contributed by atoms with E-state index in [1.807, 2.05) is 0 Å². The second kappa shape index (κ2) is 12.3. The molecule has 2 aromatic carbocycles. The highest BCUT2D eigenvalue weighted by atomic mass is 19.4. The molecule has 3 N–H and O–H groups in total. The van der Waals surface area contributed by atoms with E-state index in [0.717, 1.165) is 0 Å². The van der Waals surface area contributed by atoms with Crippen LogP contribution in [-0.2, 0) is 12.6 Å². The van der Waals surface area contributed by atoms with Crippen LogP contribution in [0.2, 0.25) is 0 Å². The smallest absolute Gasteiger partial charge is 0.423 e. The molecule has 1 amide bonds. The number of likely N-dealkylation sites (tertiary alicyclic amines) is 1. The van der Waals surface area contributed by atoms with Crippen molar-refractivity contribution in [2.75, 3.05) is 32.6 Å². The summed E-state index contributed by atoms with van der Waals surface area (Å²) in [6.45, 7) is 2.64. The lowest BCUT2D eigenvalue weighted by atomic mass is 10.1. The summed E-state index contributed by atoms with van der Waals surface area (Å²) in [5.41, 5.74) is 5.47. The van der Waals surface area contributed by atoms with Gasteiger partial charge in [-0.25, -0.2) is 4.98 Å². The van der Waals surface area contributed by atoms with Crippen LogP contribution in [0.25, 0.3) is 0 Å². The molecule has 0 bridgehead atoms. The molecule has 2 heterocycles. The number of nitrogens with one attached hydrogen (secondary N) is 1. The van der Waals surface area contributed by atoms with Crippen LogP contribution in [-0.4, -0.2) is 53.8 Å². The normalized spacial score (nSPS) is 15.1. The van der Waals surface area contributed by atoms with Crippen LogP contribution in [0.1, 0.15) is 57.5 Å². The van der Waals surface area contributed by atoms with Gasteiger partial charge in [0.15, 0.2) is 5.78 Å². The summed E-state index contributed by atoms with van der Waals surface area (Å²) in [5, 5.41) is 2.74. The Morgan fingerprint density at radius 2 is 1.82 bits per heavy atom. The summed E-state index contributed by atoms with van der Waals surface area (Å²) in [6, 6.07) is 8.98. The Bertz CT molecular complexity index is 1390. The number of amides is 1. The number of carbonyl (C=O) groups excluding carboxylic acids is 2. The second-order valence-electron chi connectivity index (χ2n) is 9.49. The number of ether oxygens (including phenoxy) is 2. The summed E-state index contributed by atoms with van der Waals surface area (Å²) in [7, 11) is 3.54. The van der Waals surface area contributed by atoms with E-state index in [0.29, 0.717) is 18.2 Å². The van der Waals surface area contributed by atoms with E-state index < -0.39 is 23.5 Å². The van der Waals surface area contributed by atoms with Gasteiger partial charge in [-0.05, 0) is 69.2 Å². The predicted octanol–water partition coefficient (Wildman–Crippen LogP) is 5.37. The molecule has 0 atom stereocenters. The highest BCUT2D eigenvalue weighted by Crippen LogP contribution is 2.40. The molecule has 212 valence electrons. The van der Waals surface area contributed by atoms with E-state index in [1.54, 1.807) is 12.1 Å². The maximum absolute atomic E-state index is 13.6. The lowest BCUT2D eigenvalue weighted by molar-refractivity contribution is -0.139. The zero-order valence-electron chi connectivity index (χ0n) is 22.2. The highest BCUT2D eigenvalue weighted by molar-refractivity contribution is 6.03. The maximum atomic E-state index is 13.6. The number of aromatic nitrogens is 2. The zero-order chi connectivity index (χ0) is 28.9. The van der Waals surface area contributed by atoms with Crippen LogP contribution in [0, 0.1) is 0 Å². The van der Waals surface area contributed by atoms with Crippen molar-refractivity contribution in [3.8, 4) is 17.4 Å². The van der Waals surface area contributed by atoms with E-state index in [-0.39, 0.29) is 46.5 Å². The molecular weight excluding hydrogens is 527 g/mol. The molecule has 0 spiro atoms. The molecule has 1 fully saturated rings. The van der Waals surface area contributed by atoms with Crippen LogP contribution in [0.15, 0.2) is 42.6 Å². The highest BCUT2D eigenvalue weighted by Gasteiger charge is 2.37. The standard InChI is InChI=1S/C22H17F3N4O4.C6H13N/c1-32-17-9-12(19(26)31)5-7-14(17)28-21-27-10-13(22(23,24)25)20(29-21)33-16-4-2-3-11-6-8-15(30)18(11)16;1-7-5-3-2-4-6-7/h2-5,7,9-10H,6,8H2,1H3,(H2,26,31)(H,27,28,29);2-6H2,1H3. The number of alkyl halides is 3. The number of benzene rings is 2. The Hall–Kier alpha value is -4.19. The molecular formula is C28H30F3N5O4. The number of nitrogens with zero attached hydrogens (tertiary/aromatic N) is 3. The number of rotatable bonds is 6. The van der Waals surface area contributed by atoms with Crippen LogP contribution < -0.4 is 20.5 Å². The molecule has 12 heteroatoms. The second-order valence-corrected chi connectivity index (χ2v) is 9.49. The van der Waals surface area contributed by atoms with Gasteiger partial charge in [-0.1, -0.05) is 18.6 Å². The molecule has 40 heavy (non-hydrogen) atoms. The van der Waals surface area contributed by atoms with Crippen molar-refractivity contribution < 1.29 is 32.2 Å². The number of anilines is 2. The molecule has 0 saturated carbocycles. The van der Waals surface area contributed by atoms with Crippen molar-refractivity contribution in [2.24, 2.45) is 5.73 Å². The van der Waals surface area contributed by atoms with Gasteiger partial charge in [0.1, 0.15) is 17.1 Å². The van der Waals surface area contributed by atoms with E-state index in [9.17, 15) is 22.8 Å². The molecule has 3 aromatic rings. The minimum Gasteiger partial charge on any atom is -0.495 e. The van der Waals surface area contributed by atoms with E-state index >= 15 is 0 Å². The van der Waals surface area contributed by atoms with E-state index in [4.69, 9.17) is 15.2 Å². The maximum Gasteiger partial charge on any atom is 0.423 e. The van der Waals surface area contributed by atoms with E-state index in [1.165, 1.54) is 63.7 Å². The molecule has 1 aliphatic heterocycles. The first-order valence-electron chi connectivity index (χ1n) is 12.8. The fourth-order valence-corrected chi connectivity index (χ4v) is 4.48. The van der Waals surface area contributed by atoms with Gasteiger partial charge >= 0.3 is 6.18 Å². The van der Waals surface area contributed by atoms with E-state index in [2.05, 4.69) is 27.2 Å². The van der Waals surface area contributed by atoms with Gasteiger partial charge in [0.25, 0.3) is 0 Å². The molecule has 1 aliphatic carbocycles. The summed E-state index contributed by atoms with van der Waals surface area (Å²) in [5.74, 6) is -1.67. The average Bonchev–Trinajstić information content (AvgIpc) is 3.30. The summed E-state index contributed by atoms with van der Waals surface area (Å²) in [6.07, 6.45) is 0.822. The fraction of sp³-hybridized carbons (Fsp3) is 0.357. The van der Waals surface area contributed by atoms with Gasteiger partial charge in [0.05, 0.1) is 18.4 Å². The Kier molecular flexibility index (Phi) is 8.88. The van der Waals surface area contributed by atoms with Gasteiger partial charge in [0, 0.05) is 18.2 Å². The molecule has 0 radical (unpaired) electrons.